The first-order chi connectivity index (χ1) is 9.87. The number of amides is 2. The molecule has 3 rings (SSSR count). The van der Waals surface area contributed by atoms with Gasteiger partial charge in [-0.15, -0.1) is 0 Å². The summed E-state index contributed by atoms with van der Waals surface area (Å²) in [5.74, 6) is 0.416. The number of nitrogens with one attached hydrogen (secondary N) is 2. The minimum absolute atomic E-state index is 0.0444. The minimum atomic E-state index is -0.903. The molecule has 0 fully saturated rings. The van der Waals surface area contributed by atoms with Crippen molar-refractivity contribution in [2.24, 2.45) is 11.0 Å². The molecule has 1 aromatic carbocycles. The van der Waals surface area contributed by atoms with Gasteiger partial charge in [0, 0.05) is 17.9 Å². The number of hydrogen-bond donors (Lipinski definition) is 2. The van der Waals surface area contributed by atoms with Gasteiger partial charge in [-0.2, -0.15) is 5.10 Å². The summed E-state index contributed by atoms with van der Waals surface area (Å²) in [7, 11) is 0. The van der Waals surface area contributed by atoms with Crippen LogP contribution in [0.2, 0.25) is 0 Å². The lowest BCUT2D eigenvalue weighted by Gasteiger charge is -2.32. The van der Waals surface area contributed by atoms with Gasteiger partial charge in [-0.05, 0) is 26.0 Å². The monoisotopic (exact) mass is 287 g/mol. The molecule has 2 amide bonds. The average Bonchev–Trinajstić information content (AvgIpc) is 2.39. The SMILES string of the molecule is CC1CC(=O)NN=C1c1ccc2c(c1)OC(C)(C)C(=O)N2. The zero-order chi connectivity index (χ0) is 15.2. The summed E-state index contributed by atoms with van der Waals surface area (Å²) in [6, 6.07) is 5.51. The van der Waals surface area contributed by atoms with Crippen molar-refractivity contribution in [1.29, 1.82) is 0 Å². The Bertz CT molecular complexity index is 664. The molecule has 0 spiro atoms. The third kappa shape index (κ3) is 2.37. The Kier molecular flexibility index (Phi) is 2.97. The Morgan fingerprint density at radius 1 is 1.33 bits per heavy atom. The van der Waals surface area contributed by atoms with Gasteiger partial charge < -0.3 is 10.1 Å². The summed E-state index contributed by atoms with van der Waals surface area (Å²) in [4.78, 5) is 23.2. The minimum Gasteiger partial charge on any atom is -0.476 e. The quantitative estimate of drug-likeness (QED) is 0.824. The first-order valence-corrected chi connectivity index (χ1v) is 6.88. The number of hydrazone groups is 1. The molecule has 1 atom stereocenters. The molecule has 0 radical (unpaired) electrons. The lowest BCUT2D eigenvalue weighted by molar-refractivity contribution is -0.129. The first-order valence-electron chi connectivity index (χ1n) is 6.88. The molecular formula is C15H17N3O3. The van der Waals surface area contributed by atoms with E-state index < -0.39 is 5.60 Å². The standard InChI is InChI=1S/C15H17N3O3/c1-8-6-12(19)17-18-13(8)9-4-5-10-11(7-9)21-15(2,3)14(20)16-10/h4-5,7-8H,6H2,1-3H3,(H,16,20)(H,17,19). The zero-order valence-corrected chi connectivity index (χ0v) is 12.2. The average molecular weight is 287 g/mol. The molecule has 2 N–H and O–H groups in total. The molecule has 2 aliphatic rings. The van der Waals surface area contributed by atoms with Crippen LogP contribution in [0.15, 0.2) is 23.3 Å². The smallest absolute Gasteiger partial charge is 0.268 e. The molecule has 1 aromatic rings. The van der Waals surface area contributed by atoms with Gasteiger partial charge in [-0.1, -0.05) is 13.0 Å². The second kappa shape index (κ2) is 4.58. The first kappa shape index (κ1) is 13.6. The van der Waals surface area contributed by atoms with Crippen LogP contribution in [0.4, 0.5) is 5.69 Å². The van der Waals surface area contributed by atoms with E-state index >= 15 is 0 Å². The van der Waals surface area contributed by atoms with Crippen molar-refractivity contribution in [3.63, 3.8) is 0 Å². The number of fused-ring (bicyclic) bond motifs is 1. The van der Waals surface area contributed by atoms with Crippen LogP contribution in [-0.2, 0) is 9.59 Å². The third-order valence-corrected chi connectivity index (χ3v) is 3.70. The van der Waals surface area contributed by atoms with Crippen LogP contribution in [0, 0.1) is 5.92 Å². The maximum atomic E-state index is 11.8. The number of rotatable bonds is 1. The van der Waals surface area contributed by atoms with Crippen molar-refractivity contribution >= 4 is 23.2 Å². The molecule has 2 heterocycles. The van der Waals surface area contributed by atoms with E-state index in [1.807, 2.05) is 19.1 Å². The lowest BCUT2D eigenvalue weighted by Crippen LogP contribution is -2.45. The predicted octanol–water partition coefficient (Wildman–Crippen LogP) is 1.66. The fraction of sp³-hybridized carbons (Fsp3) is 0.400. The summed E-state index contributed by atoms with van der Waals surface area (Å²) in [6.07, 6.45) is 0.416. The molecule has 0 aromatic heterocycles. The summed E-state index contributed by atoms with van der Waals surface area (Å²) >= 11 is 0. The highest BCUT2D eigenvalue weighted by Crippen LogP contribution is 2.35. The molecule has 2 aliphatic heterocycles. The van der Waals surface area contributed by atoms with E-state index in [0.717, 1.165) is 11.3 Å². The summed E-state index contributed by atoms with van der Waals surface area (Å²) < 4.78 is 5.77. The van der Waals surface area contributed by atoms with Gasteiger partial charge in [0.1, 0.15) is 5.75 Å². The number of carbonyl (C=O) groups excluding carboxylic acids is 2. The molecule has 6 nitrogen and oxygen atoms in total. The number of anilines is 1. The van der Waals surface area contributed by atoms with Crippen molar-refractivity contribution in [2.45, 2.75) is 32.8 Å². The Hall–Kier alpha value is -2.37. The van der Waals surface area contributed by atoms with E-state index in [0.29, 0.717) is 17.9 Å². The second-order valence-corrected chi connectivity index (χ2v) is 5.91. The lowest BCUT2D eigenvalue weighted by atomic mass is 9.93. The zero-order valence-electron chi connectivity index (χ0n) is 12.2. The van der Waals surface area contributed by atoms with E-state index in [-0.39, 0.29) is 17.7 Å². The molecule has 21 heavy (non-hydrogen) atoms. The van der Waals surface area contributed by atoms with Crippen molar-refractivity contribution in [3.8, 4) is 5.75 Å². The van der Waals surface area contributed by atoms with Crippen molar-refractivity contribution in [3.05, 3.63) is 23.8 Å². The van der Waals surface area contributed by atoms with E-state index in [1.54, 1.807) is 19.9 Å². The predicted molar refractivity (Wildman–Crippen MR) is 78.2 cm³/mol. The Labute approximate surface area is 122 Å². The molecule has 0 aliphatic carbocycles. The van der Waals surface area contributed by atoms with Gasteiger partial charge in [0.05, 0.1) is 11.4 Å². The van der Waals surface area contributed by atoms with Crippen molar-refractivity contribution < 1.29 is 14.3 Å². The van der Waals surface area contributed by atoms with Crippen LogP contribution in [0.5, 0.6) is 5.75 Å². The number of carbonyl (C=O) groups is 2. The second-order valence-electron chi connectivity index (χ2n) is 5.91. The van der Waals surface area contributed by atoms with Crippen molar-refractivity contribution in [1.82, 2.24) is 5.43 Å². The topological polar surface area (TPSA) is 79.8 Å². The highest BCUT2D eigenvalue weighted by atomic mass is 16.5. The molecule has 1 unspecified atom stereocenters. The normalized spacial score (nSPS) is 23.4. The van der Waals surface area contributed by atoms with E-state index in [1.165, 1.54) is 0 Å². The summed E-state index contributed by atoms with van der Waals surface area (Å²) in [5.41, 5.74) is 3.95. The number of ether oxygens (including phenoxy) is 1. The van der Waals surface area contributed by atoms with Crippen molar-refractivity contribution in [2.75, 3.05) is 5.32 Å². The molecule has 0 bridgehead atoms. The van der Waals surface area contributed by atoms with Crippen LogP contribution < -0.4 is 15.5 Å². The highest BCUT2D eigenvalue weighted by molar-refractivity contribution is 6.07. The van der Waals surface area contributed by atoms with Gasteiger partial charge in [0.25, 0.3) is 5.91 Å². The van der Waals surface area contributed by atoms with Crippen LogP contribution in [0.3, 0.4) is 0 Å². The molecular weight excluding hydrogens is 270 g/mol. The van der Waals surface area contributed by atoms with E-state index in [9.17, 15) is 9.59 Å². The molecule has 0 saturated heterocycles. The van der Waals surface area contributed by atoms with Crippen LogP contribution in [-0.4, -0.2) is 23.1 Å². The Morgan fingerprint density at radius 3 is 2.81 bits per heavy atom. The van der Waals surface area contributed by atoms with Gasteiger partial charge in [-0.25, -0.2) is 5.43 Å². The number of benzene rings is 1. The van der Waals surface area contributed by atoms with Gasteiger partial charge in [0.15, 0.2) is 5.60 Å². The highest BCUT2D eigenvalue weighted by Gasteiger charge is 2.35. The molecule has 6 heteroatoms. The van der Waals surface area contributed by atoms with E-state index in [2.05, 4.69) is 15.8 Å². The van der Waals surface area contributed by atoms with Gasteiger partial charge >= 0.3 is 0 Å². The Morgan fingerprint density at radius 2 is 2.10 bits per heavy atom. The maximum Gasteiger partial charge on any atom is 0.268 e. The largest absolute Gasteiger partial charge is 0.476 e. The molecule has 0 saturated carbocycles. The van der Waals surface area contributed by atoms with Crippen LogP contribution in [0.25, 0.3) is 0 Å². The van der Waals surface area contributed by atoms with Crippen LogP contribution >= 0.6 is 0 Å². The fourth-order valence-corrected chi connectivity index (χ4v) is 2.47. The van der Waals surface area contributed by atoms with Gasteiger partial charge in [-0.3, -0.25) is 9.59 Å². The number of hydrogen-bond acceptors (Lipinski definition) is 4. The van der Waals surface area contributed by atoms with Gasteiger partial charge in [0.2, 0.25) is 5.91 Å². The maximum absolute atomic E-state index is 11.8. The molecule has 110 valence electrons. The summed E-state index contributed by atoms with van der Waals surface area (Å²) in [6.45, 7) is 5.40. The Balaban J connectivity index is 1.97. The van der Waals surface area contributed by atoms with Crippen LogP contribution in [0.1, 0.15) is 32.8 Å². The third-order valence-electron chi connectivity index (χ3n) is 3.70. The van der Waals surface area contributed by atoms with E-state index in [4.69, 9.17) is 4.74 Å². The summed E-state index contributed by atoms with van der Waals surface area (Å²) in [5, 5.41) is 6.96. The fourth-order valence-electron chi connectivity index (χ4n) is 2.47. The number of nitrogens with zero attached hydrogens (tertiary/aromatic N) is 1.